The van der Waals surface area contributed by atoms with Crippen molar-refractivity contribution in [3.8, 4) is 11.3 Å². The SMILES string of the molecule is O=C(CSc1nc(-c2ccccc2)cc(=O)[nH]1)Nc1ccc(F)cc1. The van der Waals surface area contributed by atoms with Crippen molar-refractivity contribution in [2.75, 3.05) is 11.1 Å². The van der Waals surface area contributed by atoms with Gasteiger partial charge in [-0.3, -0.25) is 9.59 Å². The average Bonchev–Trinajstić information content (AvgIpc) is 2.62. The molecule has 25 heavy (non-hydrogen) atoms. The van der Waals surface area contributed by atoms with E-state index in [2.05, 4.69) is 15.3 Å². The van der Waals surface area contributed by atoms with Crippen LogP contribution >= 0.6 is 11.8 Å². The Bertz CT molecular complexity index is 927. The number of carbonyl (C=O) groups excluding carboxylic acids is 1. The minimum atomic E-state index is -0.369. The third-order valence-corrected chi connectivity index (χ3v) is 4.13. The van der Waals surface area contributed by atoms with Crippen molar-refractivity contribution in [3.05, 3.63) is 76.8 Å². The largest absolute Gasteiger partial charge is 0.325 e. The standard InChI is InChI=1S/C18H14FN3O2S/c19-13-6-8-14(9-7-13)20-17(24)11-25-18-21-15(10-16(23)22-18)12-4-2-1-3-5-12/h1-10H,11H2,(H,20,24)(H,21,22,23). The molecule has 0 atom stereocenters. The van der Waals surface area contributed by atoms with Gasteiger partial charge < -0.3 is 10.3 Å². The lowest BCUT2D eigenvalue weighted by Gasteiger charge is -2.06. The van der Waals surface area contributed by atoms with Gasteiger partial charge in [0.15, 0.2) is 5.16 Å². The molecule has 0 saturated heterocycles. The Balaban J connectivity index is 1.67. The molecule has 7 heteroatoms. The highest BCUT2D eigenvalue weighted by molar-refractivity contribution is 7.99. The number of thioether (sulfide) groups is 1. The summed E-state index contributed by atoms with van der Waals surface area (Å²) in [7, 11) is 0. The van der Waals surface area contributed by atoms with Gasteiger partial charge in [-0.25, -0.2) is 9.37 Å². The van der Waals surface area contributed by atoms with Gasteiger partial charge in [0.2, 0.25) is 5.91 Å². The van der Waals surface area contributed by atoms with Gasteiger partial charge in [-0.05, 0) is 24.3 Å². The number of nitrogens with one attached hydrogen (secondary N) is 2. The zero-order valence-corrected chi connectivity index (χ0v) is 13.8. The number of benzene rings is 2. The minimum Gasteiger partial charge on any atom is -0.325 e. The van der Waals surface area contributed by atoms with Crippen LogP contribution in [0, 0.1) is 5.82 Å². The fraction of sp³-hybridized carbons (Fsp3) is 0.0556. The number of H-pyrrole nitrogens is 1. The smallest absolute Gasteiger partial charge is 0.252 e. The first-order chi connectivity index (χ1) is 12.1. The number of amides is 1. The van der Waals surface area contributed by atoms with Crippen molar-refractivity contribution < 1.29 is 9.18 Å². The summed E-state index contributed by atoms with van der Waals surface area (Å²) in [5.41, 5.74) is 1.60. The number of carbonyl (C=O) groups is 1. The molecule has 1 amide bonds. The van der Waals surface area contributed by atoms with Crippen LogP contribution in [-0.4, -0.2) is 21.6 Å². The van der Waals surface area contributed by atoms with E-state index in [1.165, 1.54) is 30.3 Å². The lowest BCUT2D eigenvalue weighted by atomic mass is 10.1. The molecule has 1 aromatic heterocycles. The van der Waals surface area contributed by atoms with E-state index in [1.807, 2.05) is 30.3 Å². The third kappa shape index (κ3) is 4.77. The number of halogens is 1. The summed E-state index contributed by atoms with van der Waals surface area (Å²) >= 11 is 1.12. The van der Waals surface area contributed by atoms with Crippen LogP contribution in [-0.2, 0) is 4.79 Å². The molecular weight excluding hydrogens is 341 g/mol. The van der Waals surface area contributed by atoms with Gasteiger partial charge in [-0.1, -0.05) is 42.1 Å². The Labute approximate surface area is 147 Å². The van der Waals surface area contributed by atoms with Gasteiger partial charge in [-0.2, -0.15) is 0 Å². The van der Waals surface area contributed by atoms with Crippen LogP contribution < -0.4 is 10.9 Å². The number of anilines is 1. The first-order valence-corrected chi connectivity index (χ1v) is 8.44. The molecule has 0 aliphatic carbocycles. The first-order valence-electron chi connectivity index (χ1n) is 7.45. The van der Waals surface area contributed by atoms with Crippen molar-refractivity contribution in [3.63, 3.8) is 0 Å². The monoisotopic (exact) mass is 355 g/mol. The first kappa shape index (κ1) is 16.9. The zero-order valence-electron chi connectivity index (χ0n) is 13.0. The molecular formula is C18H14FN3O2S. The van der Waals surface area contributed by atoms with Gasteiger partial charge in [-0.15, -0.1) is 0 Å². The summed E-state index contributed by atoms with van der Waals surface area (Å²) in [6, 6.07) is 16.2. The number of aromatic nitrogens is 2. The Morgan fingerprint density at radius 1 is 1.12 bits per heavy atom. The molecule has 126 valence electrons. The topological polar surface area (TPSA) is 74.8 Å². The minimum absolute atomic E-state index is 0.0680. The summed E-state index contributed by atoms with van der Waals surface area (Å²) in [5.74, 6) is -0.574. The van der Waals surface area contributed by atoms with Crippen LogP contribution in [0.25, 0.3) is 11.3 Å². The number of rotatable bonds is 5. The molecule has 3 aromatic rings. The normalized spacial score (nSPS) is 10.4. The Morgan fingerprint density at radius 3 is 2.56 bits per heavy atom. The quantitative estimate of drug-likeness (QED) is 0.544. The third-order valence-electron chi connectivity index (χ3n) is 3.26. The molecule has 0 unspecified atom stereocenters. The molecule has 0 radical (unpaired) electrons. The predicted octanol–water partition coefficient (Wildman–Crippen LogP) is 3.31. The second-order valence-electron chi connectivity index (χ2n) is 5.15. The van der Waals surface area contributed by atoms with Gasteiger partial charge >= 0.3 is 0 Å². The molecule has 2 N–H and O–H groups in total. The maximum absolute atomic E-state index is 12.9. The maximum atomic E-state index is 12.9. The number of aromatic amines is 1. The van der Waals surface area contributed by atoms with E-state index in [-0.39, 0.29) is 23.0 Å². The molecule has 2 aromatic carbocycles. The highest BCUT2D eigenvalue weighted by Crippen LogP contribution is 2.18. The molecule has 0 saturated carbocycles. The summed E-state index contributed by atoms with van der Waals surface area (Å²) in [6.07, 6.45) is 0. The second-order valence-corrected chi connectivity index (χ2v) is 6.11. The van der Waals surface area contributed by atoms with Crippen LogP contribution in [0.5, 0.6) is 0 Å². The number of hydrogen-bond acceptors (Lipinski definition) is 4. The highest BCUT2D eigenvalue weighted by Gasteiger charge is 2.08. The summed E-state index contributed by atoms with van der Waals surface area (Å²) in [4.78, 5) is 30.8. The van der Waals surface area contributed by atoms with Crippen molar-refractivity contribution in [2.24, 2.45) is 0 Å². The summed E-state index contributed by atoms with van der Waals surface area (Å²) < 4.78 is 12.9. The van der Waals surface area contributed by atoms with Crippen molar-refractivity contribution in [2.45, 2.75) is 5.16 Å². The van der Waals surface area contributed by atoms with E-state index in [9.17, 15) is 14.0 Å². The van der Waals surface area contributed by atoms with Crippen LogP contribution in [0.1, 0.15) is 0 Å². The average molecular weight is 355 g/mol. The van der Waals surface area contributed by atoms with Crippen molar-refractivity contribution in [1.29, 1.82) is 0 Å². The van der Waals surface area contributed by atoms with E-state index < -0.39 is 0 Å². The summed E-state index contributed by atoms with van der Waals surface area (Å²) in [5, 5.41) is 3.02. The Kier molecular flexibility index (Phi) is 5.25. The van der Waals surface area contributed by atoms with E-state index in [0.29, 0.717) is 16.5 Å². The Morgan fingerprint density at radius 2 is 1.84 bits per heavy atom. The van der Waals surface area contributed by atoms with Gasteiger partial charge in [0, 0.05) is 17.3 Å². The van der Waals surface area contributed by atoms with Gasteiger partial charge in [0.1, 0.15) is 5.82 Å². The fourth-order valence-corrected chi connectivity index (χ4v) is 2.80. The molecule has 3 rings (SSSR count). The molecule has 0 fully saturated rings. The van der Waals surface area contributed by atoms with Crippen LogP contribution in [0.3, 0.4) is 0 Å². The number of hydrogen-bond donors (Lipinski definition) is 2. The van der Waals surface area contributed by atoms with Crippen molar-refractivity contribution in [1.82, 2.24) is 9.97 Å². The Hall–Kier alpha value is -2.93. The lowest BCUT2D eigenvalue weighted by molar-refractivity contribution is -0.113. The fourth-order valence-electron chi connectivity index (χ4n) is 2.12. The van der Waals surface area contributed by atoms with E-state index in [1.54, 1.807) is 0 Å². The molecule has 0 bridgehead atoms. The molecule has 5 nitrogen and oxygen atoms in total. The van der Waals surface area contributed by atoms with E-state index in [0.717, 1.165) is 17.3 Å². The molecule has 0 spiro atoms. The zero-order chi connectivity index (χ0) is 17.6. The molecule has 0 aliphatic rings. The number of nitrogens with zero attached hydrogens (tertiary/aromatic N) is 1. The second kappa shape index (κ2) is 7.76. The van der Waals surface area contributed by atoms with Crippen LogP contribution in [0.4, 0.5) is 10.1 Å². The molecule has 1 heterocycles. The highest BCUT2D eigenvalue weighted by atomic mass is 32.2. The van der Waals surface area contributed by atoms with Crippen molar-refractivity contribution >= 4 is 23.4 Å². The van der Waals surface area contributed by atoms with Crippen LogP contribution in [0.2, 0.25) is 0 Å². The van der Waals surface area contributed by atoms with E-state index in [4.69, 9.17) is 0 Å². The predicted molar refractivity (Wildman–Crippen MR) is 96.0 cm³/mol. The van der Waals surface area contributed by atoms with Gasteiger partial charge in [0.05, 0.1) is 11.4 Å². The van der Waals surface area contributed by atoms with E-state index >= 15 is 0 Å². The summed E-state index contributed by atoms with van der Waals surface area (Å²) in [6.45, 7) is 0. The van der Waals surface area contributed by atoms with Gasteiger partial charge in [0.25, 0.3) is 5.56 Å². The lowest BCUT2D eigenvalue weighted by Crippen LogP contribution is -2.15. The maximum Gasteiger partial charge on any atom is 0.252 e. The van der Waals surface area contributed by atoms with Crippen LogP contribution in [0.15, 0.2) is 70.6 Å². The molecule has 0 aliphatic heterocycles.